The Hall–Kier alpha value is -2.51. The molecule has 5 nitrogen and oxygen atoms in total. The van der Waals surface area contributed by atoms with Gasteiger partial charge in [0.1, 0.15) is 11.4 Å². The van der Waals surface area contributed by atoms with Gasteiger partial charge in [-0.1, -0.05) is 25.1 Å². The van der Waals surface area contributed by atoms with Crippen molar-refractivity contribution in [3.05, 3.63) is 58.9 Å². The first-order valence-electron chi connectivity index (χ1n) is 8.68. The Balaban J connectivity index is 1.65. The quantitative estimate of drug-likeness (QED) is 0.629. The number of benzene rings is 1. The second-order valence-corrected chi connectivity index (χ2v) is 7.03. The van der Waals surface area contributed by atoms with Crippen LogP contribution in [0.4, 0.5) is 4.39 Å². The van der Waals surface area contributed by atoms with Gasteiger partial charge in [0.25, 0.3) is 5.91 Å². The minimum absolute atomic E-state index is 0.0744. The number of carbonyl (C=O) groups is 1. The van der Waals surface area contributed by atoms with Crippen LogP contribution in [0.25, 0.3) is 10.2 Å². The molecule has 3 aromatic rings. The van der Waals surface area contributed by atoms with Gasteiger partial charge in [-0.15, -0.1) is 11.3 Å². The van der Waals surface area contributed by atoms with Crippen molar-refractivity contribution in [2.75, 3.05) is 13.7 Å². The predicted octanol–water partition coefficient (Wildman–Crippen LogP) is 4.17. The van der Waals surface area contributed by atoms with Crippen LogP contribution in [0.15, 0.2) is 42.6 Å². The molecule has 142 valence electrons. The molecule has 1 aromatic carbocycles. The monoisotopic (exact) mass is 388 g/mol. The molecular weight excluding hydrogens is 367 g/mol. The molecule has 2 heterocycles. The number of pyridine rings is 1. The molecule has 7 heteroatoms. The first kappa shape index (κ1) is 19.3. The fourth-order valence-electron chi connectivity index (χ4n) is 2.59. The third-order valence-electron chi connectivity index (χ3n) is 4.21. The van der Waals surface area contributed by atoms with Crippen LogP contribution in [-0.2, 0) is 11.3 Å². The summed E-state index contributed by atoms with van der Waals surface area (Å²) in [5.74, 6) is -0.570. The van der Waals surface area contributed by atoms with Crippen LogP contribution >= 0.6 is 11.3 Å². The maximum absolute atomic E-state index is 14.6. The number of ether oxygens (including phenoxy) is 2. The molecule has 0 spiro atoms. The molecule has 0 aliphatic rings. The Morgan fingerprint density at radius 2 is 2.19 bits per heavy atom. The molecule has 0 aliphatic heterocycles. The highest BCUT2D eigenvalue weighted by Crippen LogP contribution is 2.24. The Kier molecular flexibility index (Phi) is 6.36. The summed E-state index contributed by atoms with van der Waals surface area (Å²) in [6.45, 7) is 2.32. The van der Waals surface area contributed by atoms with E-state index in [9.17, 15) is 9.18 Å². The first-order valence-corrected chi connectivity index (χ1v) is 9.49. The van der Waals surface area contributed by atoms with E-state index in [4.69, 9.17) is 9.47 Å². The highest BCUT2D eigenvalue weighted by Gasteiger charge is 2.14. The molecule has 0 fully saturated rings. The first-order chi connectivity index (χ1) is 13.1. The van der Waals surface area contributed by atoms with Crippen molar-refractivity contribution in [3.63, 3.8) is 0 Å². The van der Waals surface area contributed by atoms with E-state index in [0.29, 0.717) is 10.4 Å². The van der Waals surface area contributed by atoms with Gasteiger partial charge in [-0.05, 0) is 24.6 Å². The standard InChI is InChI=1S/C20H21FN2O3S/c1-3-15(25-2)12-26-16-8-4-6-14(18(16)21)11-23-19(24)17-10-13-7-5-9-22-20(13)27-17/h4-10,15H,3,11-12H2,1-2H3,(H,23,24). The van der Waals surface area contributed by atoms with Gasteiger partial charge < -0.3 is 14.8 Å². The van der Waals surface area contributed by atoms with E-state index < -0.39 is 5.82 Å². The Morgan fingerprint density at radius 3 is 2.93 bits per heavy atom. The Labute approximate surface area is 161 Å². The maximum Gasteiger partial charge on any atom is 0.261 e. The highest BCUT2D eigenvalue weighted by molar-refractivity contribution is 7.20. The van der Waals surface area contributed by atoms with Crippen molar-refractivity contribution in [2.24, 2.45) is 0 Å². The minimum Gasteiger partial charge on any atom is -0.488 e. The van der Waals surface area contributed by atoms with Crippen LogP contribution in [0.5, 0.6) is 5.75 Å². The van der Waals surface area contributed by atoms with Crippen molar-refractivity contribution in [1.82, 2.24) is 10.3 Å². The van der Waals surface area contributed by atoms with Gasteiger partial charge in [-0.25, -0.2) is 9.37 Å². The van der Waals surface area contributed by atoms with E-state index in [-0.39, 0.29) is 30.9 Å². The Morgan fingerprint density at radius 1 is 1.33 bits per heavy atom. The van der Waals surface area contributed by atoms with E-state index in [1.165, 1.54) is 11.3 Å². The molecule has 3 rings (SSSR count). The SMILES string of the molecule is CCC(COc1cccc(CNC(=O)c2cc3cccnc3s2)c1F)OC. The van der Waals surface area contributed by atoms with Gasteiger partial charge in [0.15, 0.2) is 11.6 Å². The third kappa shape index (κ3) is 4.61. The van der Waals surface area contributed by atoms with Crippen molar-refractivity contribution in [3.8, 4) is 5.75 Å². The van der Waals surface area contributed by atoms with E-state index in [1.54, 1.807) is 37.6 Å². The van der Waals surface area contributed by atoms with Gasteiger partial charge in [0.2, 0.25) is 0 Å². The number of thiophene rings is 1. The summed E-state index contributed by atoms with van der Waals surface area (Å²) in [6.07, 6.45) is 2.38. The lowest BCUT2D eigenvalue weighted by atomic mass is 10.2. The second-order valence-electron chi connectivity index (χ2n) is 6.00. The average Bonchev–Trinajstić information content (AvgIpc) is 3.13. The largest absolute Gasteiger partial charge is 0.488 e. The van der Waals surface area contributed by atoms with Crippen molar-refractivity contribution >= 4 is 27.5 Å². The van der Waals surface area contributed by atoms with Crippen LogP contribution < -0.4 is 10.1 Å². The third-order valence-corrected chi connectivity index (χ3v) is 5.27. The molecular formula is C20H21FN2O3S. The number of hydrogen-bond acceptors (Lipinski definition) is 5. The lowest BCUT2D eigenvalue weighted by Gasteiger charge is -2.15. The summed E-state index contributed by atoms with van der Waals surface area (Å²) in [5.41, 5.74) is 0.366. The van der Waals surface area contributed by atoms with Crippen molar-refractivity contribution < 1.29 is 18.7 Å². The van der Waals surface area contributed by atoms with Gasteiger partial charge >= 0.3 is 0 Å². The lowest BCUT2D eigenvalue weighted by molar-refractivity contribution is 0.0542. The van der Waals surface area contributed by atoms with Gasteiger partial charge in [-0.2, -0.15) is 0 Å². The number of carbonyl (C=O) groups excluding carboxylic acids is 1. The van der Waals surface area contributed by atoms with Crippen LogP contribution in [0.2, 0.25) is 0 Å². The predicted molar refractivity (Wildman–Crippen MR) is 104 cm³/mol. The lowest BCUT2D eigenvalue weighted by Crippen LogP contribution is -2.23. The molecule has 1 N–H and O–H groups in total. The zero-order valence-corrected chi connectivity index (χ0v) is 16.0. The fourth-order valence-corrected chi connectivity index (χ4v) is 3.50. The van der Waals surface area contributed by atoms with E-state index in [0.717, 1.165) is 16.6 Å². The molecule has 1 atom stereocenters. The van der Waals surface area contributed by atoms with E-state index in [2.05, 4.69) is 10.3 Å². The highest BCUT2D eigenvalue weighted by atomic mass is 32.1. The summed E-state index contributed by atoms with van der Waals surface area (Å²) >= 11 is 1.31. The number of fused-ring (bicyclic) bond motifs is 1. The van der Waals surface area contributed by atoms with Crippen LogP contribution in [0.3, 0.4) is 0 Å². The minimum atomic E-state index is -0.471. The number of halogens is 1. The summed E-state index contributed by atoms with van der Waals surface area (Å²) in [6, 6.07) is 10.4. The number of methoxy groups -OCH3 is 1. The molecule has 0 saturated heterocycles. The molecule has 1 unspecified atom stereocenters. The second kappa shape index (κ2) is 8.92. The molecule has 1 amide bonds. The molecule has 0 saturated carbocycles. The van der Waals surface area contributed by atoms with Gasteiger partial charge in [0, 0.05) is 30.8 Å². The number of nitrogens with one attached hydrogen (secondary N) is 1. The summed E-state index contributed by atoms with van der Waals surface area (Å²) in [4.78, 5) is 17.9. The van der Waals surface area contributed by atoms with Crippen LogP contribution in [0.1, 0.15) is 28.6 Å². The summed E-state index contributed by atoms with van der Waals surface area (Å²) in [7, 11) is 1.60. The number of hydrogen-bond donors (Lipinski definition) is 1. The number of amides is 1. The molecule has 0 bridgehead atoms. The van der Waals surface area contributed by atoms with Crippen LogP contribution in [-0.4, -0.2) is 30.7 Å². The fraction of sp³-hybridized carbons (Fsp3) is 0.300. The van der Waals surface area contributed by atoms with E-state index >= 15 is 0 Å². The van der Waals surface area contributed by atoms with Crippen molar-refractivity contribution in [2.45, 2.75) is 26.0 Å². The molecule has 27 heavy (non-hydrogen) atoms. The van der Waals surface area contributed by atoms with Crippen LogP contribution in [0, 0.1) is 5.82 Å². The van der Waals surface area contributed by atoms with E-state index in [1.807, 2.05) is 19.1 Å². The molecule has 0 aliphatic carbocycles. The molecule has 2 aromatic heterocycles. The Bertz CT molecular complexity index is 891. The van der Waals surface area contributed by atoms with Gasteiger partial charge in [0.05, 0.1) is 11.0 Å². The average molecular weight is 388 g/mol. The number of rotatable bonds is 8. The number of nitrogens with zero attached hydrogens (tertiary/aromatic N) is 1. The zero-order chi connectivity index (χ0) is 19.2. The zero-order valence-electron chi connectivity index (χ0n) is 15.2. The van der Waals surface area contributed by atoms with Gasteiger partial charge in [-0.3, -0.25) is 4.79 Å². The summed E-state index contributed by atoms with van der Waals surface area (Å²) in [5, 5.41) is 3.67. The number of aromatic nitrogens is 1. The molecule has 0 radical (unpaired) electrons. The smallest absolute Gasteiger partial charge is 0.261 e. The maximum atomic E-state index is 14.6. The summed E-state index contributed by atoms with van der Waals surface area (Å²) < 4.78 is 25.4. The van der Waals surface area contributed by atoms with Crippen molar-refractivity contribution in [1.29, 1.82) is 0 Å². The normalized spacial score (nSPS) is 12.1. The topological polar surface area (TPSA) is 60.5 Å².